The SMILES string of the molecule is COCCOCCCCCCCCCCC[Si](C)(OC)OC. The lowest BCUT2D eigenvalue weighted by Crippen LogP contribution is -2.35. The van der Waals surface area contributed by atoms with Crippen molar-refractivity contribution in [3.8, 4) is 0 Å². The molecule has 0 amide bonds. The maximum absolute atomic E-state index is 5.50. The fourth-order valence-electron chi connectivity index (χ4n) is 2.42. The van der Waals surface area contributed by atoms with Gasteiger partial charge in [0.2, 0.25) is 0 Å². The Morgan fingerprint density at radius 3 is 1.59 bits per heavy atom. The van der Waals surface area contributed by atoms with E-state index in [0.717, 1.165) is 19.3 Å². The Labute approximate surface area is 139 Å². The first kappa shape index (κ1) is 22.1. The highest BCUT2D eigenvalue weighted by atomic mass is 28.4. The molecule has 0 bridgehead atoms. The molecule has 0 N–H and O–H groups in total. The van der Waals surface area contributed by atoms with Gasteiger partial charge in [-0.1, -0.05) is 51.4 Å². The molecule has 0 aromatic heterocycles. The Kier molecular flexibility index (Phi) is 16.0. The van der Waals surface area contributed by atoms with Crippen LogP contribution in [-0.2, 0) is 18.3 Å². The number of unbranched alkanes of at least 4 members (excludes halogenated alkanes) is 8. The first-order valence-electron chi connectivity index (χ1n) is 8.85. The normalized spacial score (nSPS) is 12.0. The average molecular weight is 335 g/mol. The van der Waals surface area contributed by atoms with Gasteiger partial charge in [-0.2, -0.15) is 0 Å². The monoisotopic (exact) mass is 334 g/mol. The van der Waals surface area contributed by atoms with Crippen LogP contribution in [0.2, 0.25) is 12.6 Å². The summed E-state index contributed by atoms with van der Waals surface area (Å²) in [6.07, 6.45) is 11.8. The Morgan fingerprint density at radius 2 is 1.09 bits per heavy atom. The molecule has 0 heterocycles. The molecule has 0 aromatic carbocycles. The summed E-state index contributed by atoms with van der Waals surface area (Å²) in [5.74, 6) is 0. The molecule has 0 aliphatic rings. The average Bonchev–Trinajstić information content (AvgIpc) is 2.55. The molecule has 4 nitrogen and oxygen atoms in total. The predicted molar refractivity (Wildman–Crippen MR) is 94.7 cm³/mol. The molecule has 0 radical (unpaired) electrons. The van der Waals surface area contributed by atoms with Gasteiger partial charge in [-0.25, -0.2) is 0 Å². The van der Waals surface area contributed by atoms with Gasteiger partial charge in [0.15, 0.2) is 0 Å². The first-order valence-corrected chi connectivity index (χ1v) is 11.4. The van der Waals surface area contributed by atoms with Gasteiger partial charge < -0.3 is 18.3 Å². The minimum atomic E-state index is -1.82. The molecular formula is C17H38O4Si. The summed E-state index contributed by atoms with van der Waals surface area (Å²) in [4.78, 5) is 0. The minimum absolute atomic E-state index is 0.705. The van der Waals surface area contributed by atoms with E-state index in [0.29, 0.717) is 6.61 Å². The Hall–Kier alpha value is 0.0569. The molecule has 0 spiro atoms. The van der Waals surface area contributed by atoms with Crippen molar-refractivity contribution in [1.82, 2.24) is 0 Å². The van der Waals surface area contributed by atoms with Crippen LogP contribution in [0.4, 0.5) is 0 Å². The van der Waals surface area contributed by atoms with Gasteiger partial charge in [-0.05, 0) is 19.0 Å². The summed E-state index contributed by atoms with van der Waals surface area (Å²) >= 11 is 0. The second kappa shape index (κ2) is 15.9. The lowest BCUT2D eigenvalue weighted by atomic mass is 10.1. The Balaban J connectivity index is 3.14. The number of ether oxygens (including phenoxy) is 2. The predicted octanol–water partition coefficient (Wildman–Crippen LogP) is 4.53. The van der Waals surface area contributed by atoms with E-state index in [1.165, 1.54) is 57.8 Å². The van der Waals surface area contributed by atoms with Crippen LogP contribution < -0.4 is 0 Å². The van der Waals surface area contributed by atoms with Crippen LogP contribution in [0.25, 0.3) is 0 Å². The van der Waals surface area contributed by atoms with E-state index in [9.17, 15) is 0 Å². The van der Waals surface area contributed by atoms with Crippen molar-refractivity contribution >= 4 is 8.56 Å². The third-order valence-electron chi connectivity index (χ3n) is 4.21. The van der Waals surface area contributed by atoms with Crippen molar-refractivity contribution in [2.24, 2.45) is 0 Å². The van der Waals surface area contributed by atoms with E-state index in [2.05, 4.69) is 6.55 Å². The summed E-state index contributed by atoms with van der Waals surface area (Å²) in [5.41, 5.74) is 0. The van der Waals surface area contributed by atoms with Crippen LogP contribution >= 0.6 is 0 Å². The van der Waals surface area contributed by atoms with Gasteiger partial charge in [0, 0.05) is 27.9 Å². The summed E-state index contributed by atoms with van der Waals surface area (Å²) < 4.78 is 21.4. The van der Waals surface area contributed by atoms with E-state index >= 15 is 0 Å². The van der Waals surface area contributed by atoms with Crippen molar-refractivity contribution in [1.29, 1.82) is 0 Å². The maximum atomic E-state index is 5.50. The van der Waals surface area contributed by atoms with E-state index in [1.54, 1.807) is 21.3 Å². The highest BCUT2D eigenvalue weighted by Crippen LogP contribution is 2.17. The molecular weight excluding hydrogens is 296 g/mol. The van der Waals surface area contributed by atoms with Crippen LogP contribution in [0.1, 0.15) is 57.8 Å². The van der Waals surface area contributed by atoms with Crippen molar-refractivity contribution in [3.63, 3.8) is 0 Å². The zero-order chi connectivity index (χ0) is 16.5. The molecule has 0 unspecified atom stereocenters. The van der Waals surface area contributed by atoms with Crippen LogP contribution in [-0.4, -0.2) is 49.7 Å². The smallest absolute Gasteiger partial charge is 0.334 e. The fraction of sp³-hybridized carbons (Fsp3) is 1.00. The molecule has 0 atom stereocenters. The lowest BCUT2D eigenvalue weighted by Gasteiger charge is -2.22. The fourth-order valence-corrected chi connectivity index (χ4v) is 3.89. The molecule has 22 heavy (non-hydrogen) atoms. The van der Waals surface area contributed by atoms with Gasteiger partial charge in [-0.15, -0.1) is 0 Å². The molecule has 0 aliphatic carbocycles. The highest BCUT2D eigenvalue weighted by Gasteiger charge is 2.27. The van der Waals surface area contributed by atoms with Gasteiger partial charge in [0.05, 0.1) is 13.2 Å². The van der Waals surface area contributed by atoms with Crippen molar-refractivity contribution in [3.05, 3.63) is 0 Å². The molecule has 0 fully saturated rings. The third-order valence-corrected chi connectivity index (χ3v) is 7.20. The number of hydrogen-bond donors (Lipinski definition) is 0. The van der Waals surface area contributed by atoms with Crippen molar-refractivity contribution in [2.45, 2.75) is 70.4 Å². The molecule has 0 aliphatic heterocycles. The quantitative estimate of drug-likeness (QED) is 0.289. The number of methoxy groups -OCH3 is 1. The zero-order valence-corrected chi connectivity index (χ0v) is 16.3. The summed E-state index contributed by atoms with van der Waals surface area (Å²) in [6, 6.07) is 1.11. The second-order valence-corrected chi connectivity index (χ2v) is 9.66. The van der Waals surface area contributed by atoms with E-state index in [-0.39, 0.29) is 0 Å². The van der Waals surface area contributed by atoms with Crippen LogP contribution in [0.15, 0.2) is 0 Å². The minimum Gasteiger partial charge on any atom is -0.398 e. The zero-order valence-electron chi connectivity index (χ0n) is 15.3. The highest BCUT2D eigenvalue weighted by molar-refractivity contribution is 6.65. The van der Waals surface area contributed by atoms with Crippen LogP contribution in [0, 0.1) is 0 Å². The Morgan fingerprint density at radius 1 is 0.591 bits per heavy atom. The standard InChI is InChI=1S/C17H38O4Si/c1-18-15-16-21-14-12-10-8-6-5-7-9-11-13-17-22(4,19-2)20-3/h5-17H2,1-4H3. The van der Waals surface area contributed by atoms with E-state index < -0.39 is 8.56 Å². The van der Waals surface area contributed by atoms with Gasteiger partial charge >= 0.3 is 8.56 Å². The van der Waals surface area contributed by atoms with Crippen molar-refractivity contribution in [2.75, 3.05) is 41.2 Å². The summed E-state index contributed by atoms with van der Waals surface area (Å²) in [6.45, 7) is 4.46. The summed E-state index contributed by atoms with van der Waals surface area (Å²) in [5, 5.41) is 0. The van der Waals surface area contributed by atoms with Crippen LogP contribution in [0.5, 0.6) is 0 Å². The van der Waals surface area contributed by atoms with Crippen molar-refractivity contribution < 1.29 is 18.3 Å². The number of hydrogen-bond acceptors (Lipinski definition) is 4. The summed E-state index contributed by atoms with van der Waals surface area (Å²) in [7, 11) is 3.44. The van der Waals surface area contributed by atoms with Gasteiger partial charge in [0.25, 0.3) is 0 Å². The van der Waals surface area contributed by atoms with Crippen LogP contribution in [0.3, 0.4) is 0 Å². The molecule has 0 aromatic rings. The molecule has 134 valence electrons. The Bertz CT molecular complexity index is 223. The molecule has 0 saturated heterocycles. The van der Waals surface area contributed by atoms with Gasteiger partial charge in [-0.3, -0.25) is 0 Å². The topological polar surface area (TPSA) is 36.9 Å². The molecule has 0 saturated carbocycles. The number of rotatable bonds is 17. The molecule has 5 heteroatoms. The largest absolute Gasteiger partial charge is 0.398 e. The first-order chi connectivity index (χ1) is 10.7. The van der Waals surface area contributed by atoms with Gasteiger partial charge in [0.1, 0.15) is 0 Å². The van der Waals surface area contributed by atoms with E-state index in [4.69, 9.17) is 18.3 Å². The lowest BCUT2D eigenvalue weighted by molar-refractivity contribution is 0.0685. The molecule has 0 rings (SSSR count). The maximum Gasteiger partial charge on any atom is 0.334 e. The van der Waals surface area contributed by atoms with E-state index in [1.807, 2.05) is 0 Å². The third kappa shape index (κ3) is 13.7. The second-order valence-electron chi connectivity index (χ2n) is 6.08.